The largest absolute Gasteiger partial charge is 0.396 e. The molecule has 1 unspecified atom stereocenters. The smallest absolute Gasteiger partial charge is 0.0951 e. The number of nitrogens with zero attached hydrogens (tertiary/aromatic N) is 2. The van der Waals surface area contributed by atoms with Crippen LogP contribution in [0.3, 0.4) is 0 Å². The Labute approximate surface area is 104 Å². The van der Waals surface area contributed by atoms with E-state index in [1.807, 2.05) is 18.7 Å². The Bertz CT molecular complexity index is 272. The van der Waals surface area contributed by atoms with Crippen LogP contribution >= 0.6 is 7.92 Å². The Hall–Kier alpha value is -0.440. The van der Waals surface area contributed by atoms with Gasteiger partial charge in [0.25, 0.3) is 0 Å². The van der Waals surface area contributed by atoms with Crippen LogP contribution in [0.25, 0.3) is 0 Å². The summed E-state index contributed by atoms with van der Waals surface area (Å²) in [5, 5.41) is 17.9. The van der Waals surface area contributed by atoms with Crippen molar-refractivity contribution >= 4 is 7.92 Å². The highest BCUT2D eigenvalue weighted by atomic mass is 31.1. The zero-order chi connectivity index (χ0) is 12.5. The maximum absolute atomic E-state index is 8.97. The van der Waals surface area contributed by atoms with E-state index in [1.165, 1.54) is 0 Å². The maximum atomic E-state index is 8.97. The van der Waals surface area contributed by atoms with E-state index in [0.717, 1.165) is 31.6 Å². The Morgan fingerprint density at radius 1 is 1.24 bits per heavy atom. The fraction of sp³-hybridized carbons (Fsp3) is 0.750. The van der Waals surface area contributed by atoms with Crippen LogP contribution in [0.2, 0.25) is 0 Å². The van der Waals surface area contributed by atoms with Crippen molar-refractivity contribution in [3.05, 3.63) is 18.7 Å². The molecule has 1 atom stereocenters. The molecule has 0 bridgehead atoms. The molecule has 5 heteroatoms. The molecule has 0 radical (unpaired) electrons. The molecule has 0 amide bonds. The monoisotopic (exact) mass is 258 g/mol. The number of hydrogen-bond donors (Lipinski definition) is 2. The molecule has 0 saturated carbocycles. The summed E-state index contributed by atoms with van der Waals surface area (Å²) >= 11 is 0. The van der Waals surface area contributed by atoms with Crippen molar-refractivity contribution in [1.82, 2.24) is 9.55 Å². The summed E-state index contributed by atoms with van der Waals surface area (Å²) in [5.41, 5.74) is 0. The van der Waals surface area contributed by atoms with Gasteiger partial charge < -0.3 is 14.8 Å². The van der Waals surface area contributed by atoms with Crippen molar-refractivity contribution in [1.29, 1.82) is 0 Å². The molecule has 0 saturated heterocycles. The summed E-state index contributed by atoms with van der Waals surface area (Å²) in [5.74, 6) is 0.491. The third-order valence-electron chi connectivity index (χ3n) is 2.86. The van der Waals surface area contributed by atoms with Crippen LogP contribution in [0.4, 0.5) is 0 Å². The molecule has 17 heavy (non-hydrogen) atoms. The van der Waals surface area contributed by atoms with Crippen molar-refractivity contribution < 1.29 is 10.2 Å². The van der Waals surface area contributed by atoms with Crippen LogP contribution in [-0.2, 0) is 0 Å². The highest BCUT2D eigenvalue weighted by Gasteiger charge is 2.19. The van der Waals surface area contributed by atoms with Gasteiger partial charge in [-0.3, -0.25) is 0 Å². The Kier molecular flexibility index (Phi) is 7.41. The molecule has 0 aliphatic carbocycles. The van der Waals surface area contributed by atoms with Gasteiger partial charge in [-0.25, -0.2) is 4.98 Å². The minimum Gasteiger partial charge on any atom is -0.396 e. The third-order valence-corrected chi connectivity index (χ3v) is 6.12. The summed E-state index contributed by atoms with van der Waals surface area (Å²) in [6, 6.07) is 0. The van der Waals surface area contributed by atoms with Crippen molar-refractivity contribution in [2.45, 2.75) is 32.0 Å². The van der Waals surface area contributed by atoms with Gasteiger partial charge in [0, 0.05) is 25.6 Å². The average Bonchev–Trinajstić information content (AvgIpc) is 2.86. The first-order valence-electron chi connectivity index (χ1n) is 6.26. The van der Waals surface area contributed by atoms with Gasteiger partial charge in [0.05, 0.1) is 12.1 Å². The number of imidazole rings is 1. The highest BCUT2D eigenvalue weighted by Crippen LogP contribution is 2.50. The predicted molar refractivity (Wildman–Crippen MR) is 71.6 cm³/mol. The summed E-state index contributed by atoms with van der Waals surface area (Å²) in [6.07, 6.45) is 10.7. The van der Waals surface area contributed by atoms with E-state index in [2.05, 4.69) is 16.5 Å². The number of aliphatic hydroxyl groups is 2. The molecule has 0 aliphatic heterocycles. The molecule has 1 rings (SSSR count). The maximum Gasteiger partial charge on any atom is 0.0951 e. The summed E-state index contributed by atoms with van der Waals surface area (Å²) in [4.78, 5) is 4.11. The molecule has 1 aromatic rings. The first kappa shape index (κ1) is 14.6. The first-order chi connectivity index (χ1) is 8.33. The van der Waals surface area contributed by atoms with E-state index in [1.54, 1.807) is 0 Å². The second-order valence-corrected chi connectivity index (χ2v) is 6.76. The Balaban J connectivity index is 2.63. The lowest BCUT2D eigenvalue weighted by atomic mass is 10.5. The second kappa shape index (κ2) is 8.62. The van der Waals surface area contributed by atoms with E-state index in [0.29, 0.717) is 5.78 Å². The van der Waals surface area contributed by atoms with E-state index in [-0.39, 0.29) is 21.1 Å². The molecular formula is C12H23N2O2P. The molecule has 98 valence electrons. The number of hydrogen-bond acceptors (Lipinski definition) is 3. The van der Waals surface area contributed by atoms with E-state index in [4.69, 9.17) is 10.2 Å². The standard InChI is InChI=1S/C12H23N2O2P/c1-2-12(14-6-5-13-11-14)17(9-3-7-15)10-4-8-16/h5-6,11-12,15-16H,2-4,7-10H2,1H3. The van der Waals surface area contributed by atoms with Gasteiger partial charge in [-0.15, -0.1) is 0 Å². The van der Waals surface area contributed by atoms with Gasteiger partial charge >= 0.3 is 0 Å². The van der Waals surface area contributed by atoms with Crippen LogP contribution in [0.1, 0.15) is 32.0 Å². The van der Waals surface area contributed by atoms with Crippen LogP contribution in [0.5, 0.6) is 0 Å². The van der Waals surface area contributed by atoms with E-state index in [9.17, 15) is 0 Å². The Morgan fingerprint density at radius 2 is 1.88 bits per heavy atom. The summed E-state index contributed by atoms with van der Waals surface area (Å²) in [6.45, 7) is 2.72. The fourth-order valence-corrected chi connectivity index (χ4v) is 5.01. The molecule has 1 aromatic heterocycles. The third kappa shape index (κ3) is 4.74. The molecule has 0 spiro atoms. The molecule has 1 heterocycles. The lowest BCUT2D eigenvalue weighted by Crippen LogP contribution is -2.09. The molecule has 0 aliphatic rings. The lowest BCUT2D eigenvalue weighted by molar-refractivity contribution is 0.294. The normalized spacial score (nSPS) is 13.2. The molecular weight excluding hydrogens is 235 g/mol. The van der Waals surface area contributed by atoms with Gasteiger partial charge in [-0.1, -0.05) is 14.8 Å². The van der Waals surface area contributed by atoms with Crippen molar-refractivity contribution in [2.24, 2.45) is 0 Å². The van der Waals surface area contributed by atoms with Crippen molar-refractivity contribution in [2.75, 3.05) is 25.5 Å². The lowest BCUT2D eigenvalue weighted by Gasteiger charge is -2.28. The van der Waals surface area contributed by atoms with Crippen molar-refractivity contribution in [3.63, 3.8) is 0 Å². The second-order valence-electron chi connectivity index (χ2n) is 4.09. The summed E-state index contributed by atoms with van der Waals surface area (Å²) in [7, 11) is -0.184. The number of rotatable bonds is 9. The quantitative estimate of drug-likeness (QED) is 0.666. The Morgan fingerprint density at radius 3 is 2.29 bits per heavy atom. The highest BCUT2D eigenvalue weighted by molar-refractivity contribution is 7.57. The minimum atomic E-state index is -0.184. The van der Waals surface area contributed by atoms with Gasteiger partial charge in [0.2, 0.25) is 0 Å². The van der Waals surface area contributed by atoms with Gasteiger partial charge in [-0.05, 0) is 31.6 Å². The SMILES string of the molecule is CCC(n1ccnc1)P(CCCO)CCCO. The number of aromatic nitrogens is 2. The zero-order valence-electron chi connectivity index (χ0n) is 10.5. The average molecular weight is 258 g/mol. The predicted octanol–water partition coefficient (Wildman–Crippen LogP) is 2.04. The molecule has 0 aromatic carbocycles. The molecule has 2 N–H and O–H groups in total. The van der Waals surface area contributed by atoms with Gasteiger partial charge in [0.1, 0.15) is 0 Å². The van der Waals surface area contributed by atoms with E-state index < -0.39 is 0 Å². The van der Waals surface area contributed by atoms with Crippen LogP contribution in [-0.4, -0.2) is 45.3 Å². The van der Waals surface area contributed by atoms with Crippen molar-refractivity contribution in [3.8, 4) is 0 Å². The fourth-order valence-electron chi connectivity index (χ4n) is 2.06. The van der Waals surface area contributed by atoms with Crippen LogP contribution in [0, 0.1) is 0 Å². The van der Waals surface area contributed by atoms with Gasteiger partial charge in [0.15, 0.2) is 0 Å². The molecule has 4 nitrogen and oxygen atoms in total. The summed E-state index contributed by atoms with van der Waals surface area (Å²) < 4.78 is 2.18. The minimum absolute atomic E-state index is 0.184. The first-order valence-corrected chi connectivity index (χ1v) is 8.04. The topological polar surface area (TPSA) is 58.3 Å². The number of aliphatic hydroxyl groups excluding tert-OH is 2. The van der Waals surface area contributed by atoms with Crippen LogP contribution < -0.4 is 0 Å². The van der Waals surface area contributed by atoms with E-state index >= 15 is 0 Å². The zero-order valence-corrected chi connectivity index (χ0v) is 11.4. The van der Waals surface area contributed by atoms with Gasteiger partial charge in [-0.2, -0.15) is 0 Å². The van der Waals surface area contributed by atoms with Crippen LogP contribution in [0.15, 0.2) is 18.7 Å². The molecule has 0 fully saturated rings.